The van der Waals surface area contributed by atoms with E-state index in [9.17, 15) is 34.5 Å². The van der Waals surface area contributed by atoms with E-state index in [0.717, 1.165) is 109 Å². The number of carbonyl (C=O) groups excluding carboxylic acids is 3. The molecular weight excluding hydrogens is 853 g/mol. The Morgan fingerprint density at radius 3 is 1.48 bits per heavy atom. The third-order valence-electron chi connectivity index (χ3n) is 11.6. The molecule has 1 aliphatic rings. The number of aliphatic hydroxyl groups is 2. The van der Waals surface area contributed by atoms with Crippen molar-refractivity contribution in [3.05, 3.63) is 60.8 Å². The van der Waals surface area contributed by atoms with Gasteiger partial charge >= 0.3 is 23.9 Å². The molecule has 0 aromatic heterocycles. The minimum atomic E-state index is -1.91. The number of esters is 3. The van der Waals surface area contributed by atoms with Gasteiger partial charge in [0.05, 0.1) is 6.61 Å². The van der Waals surface area contributed by atoms with Crippen molar-refractivity contribution in [1.82, 2.24) is 0 Å². The summed E-state index contributed by atoms with van der Waals surface area (Å²) in [5.41, 5.74) is 0. The first-order valence-corrected chi connectivity index (χ1v) is 26.3. The minimum Gasteiger partial charge on any atom is -0.479 e. The maximum Gasteiger partial charge on any atom is 0.335 e. The maximum atomic E-state index is 13.0. The van der Waals surface area contributed by atoms with Gasteiger partial charge in [-0.15, -0.1) is 0 Å². The van der Waals surface area contributed by atoms with Crippen molar-refractivity contribution in [1.29, 1.82) is 0 Å². The van der Waals surface area contributed by atoms with Crippen LogP contribution in [0.1, 0.15) is 213 Å². The summed E-state index contributed by atoms with van der Waals surface area (Å²) in [7, 11) is 0. The van der Waals surface area contributed by atoms with E-state index >= 15 is 0 Å². The molecule has 6 unspecified atom stereocenters. The van der Waals surface area contributed by atoms with Crippen LogP contribution in [0.4, 0.5) is 0 Å². The summed E-state index contributed by atoms with van der Waals surface area (Å²) in [5, 5.41) is 31.3. The van der Waals surface area contributed by atoms with Gasteiger partial charge in [-0.3, -0.25) is 14.4 Å². The Morgan fingerprint density at radius 2 is 0.940 bits per heavy atom. The molecule has 0 spiro atoms. The highest BCUT2D eigenvalue weighted by molar-refractivity contribution is 5.74. The highest BCUT2D eigenvalue weighted by Gasteiger charge is 2.50. The van der Waals surface area contributed by atoms with E-state index in [1.165, 1.54) is 44.9 Å². The van der Waals surface area contributed by atoms with Gasteiger partial charge in [0.2, 0.25) is 0 Å². The summed E-state index contributed by atoms with van der Waals surface area (Å²) in [5.74, 6) is -3.18. The molecule has 0 aliphatic carbocycles. The summed E-state index contributed by atoms with van der Waals surface area (Å²) >= 11 is 0. The van der Waals surface area contributed by atoms with E-state index in [4.69, 9.17) is 23.7 Å². The van der Waals surface area contributed by atoms with Gasteiger partial charge in [0.1, 0.15) is 18.8 Å². The van der Waals surface area contributed by atoms with Gasteiger partial charge in [-0.2, -0.15) is 0 Å². The lowest BCUT2D eigenvalue weighted by Gasteiger charge is -2.40. The molecule has 3 N–H and O–H groups in total. The number of allylic oxidation sites excluding steroid dienone is 10. The third-order valence-corrected chi connectivity index (χ3v) is 11.6. The molecule has 67 heavy (non-hydrogen) atoms. The van der Waals surface area contributed by atoms with Crippen LogP contribution in [0, 0.1) is 0 Å². The molecule has 0 aromatic carbocycles. The molecule has 1 heterocycles. The average Bonchev–Trinajstić information content (AvgIpc) is 3.31. The van der Waals surface area contributed by atoms with Gasteiger partial charge in [0, 0.05) is 19.3 Å². The van der Waals surface area contributed by atoms with Crippen LogP contribution in [0.15, 0.2) is 60.8 Å². The zero-order valence-corrected chi connectivity index (χ0v) is 41.9. The van der Waals surface area contributed by atoms with E-state index in [-0.39, 0.29) is 25.9 Å². The fourth-order valence-electron chi connectivity index (χ4n) is 7.53. The lowest BCUT2D eigenvalue weighted by molar-refractivity contribution is -0.301. The number of hydrogen-bond acceptors (Lipinski definition) is 11. The molecule has 1 saturated heterocycles. The van der Waals surface area contributed by atoms with Crippen LogP contribution >= 0.6 is 0 Å². The molecule has 0 amide bonds. The van der Waals surface area contributed by atoms with Gasteiger partial charge in [0.25, 0.3) is 0 Å². The van der Waals surface area contributed by atoms with Crippen molar-refractivity contribution in [2.24, 2.45) is 0 Å². The van der Waals surface area contributed by atoms with E-state index in [1.807, 2.05) is 0 Å². The van der Waals surface area contributed by atoms with Crippen LogP contribution in [0.2, 0.25) is 0 Å². The summed E-state index contributed by atoms with van der Waals surface area (Å²) in [6.07, 6.45) is 39.4. The fourth-order valence-corrected chi connectivity index (χ4v) is 7.53. The van der Waals surface area contributed by atoms with Gasteiger partial charge < -0.3 is 39.0 Å². The van der Waals surface area contributed by atoms with Crippen molar-refractivity contribution in [3.63, 3.8) is 0 Å². The lowest BCUT2D eigenvalue weighted by Crippen LogP contribution is -2.61. The van der Waals surface area contributed by atoms with Crippen LogP contribution in [0.5, 0.6) is 0 Å². The van der Waals surface area contributed by atoms with Crippen molar-refractivity contribution >= 4 is 23.9 Å². The van der Waals surface area contributed by atoms with Gasteiger partial charge in [0.15, 0.2) is 24.6 Å². The molecular formula is C55H92O12. The van der Waals surface area contributed by atoms with Crippen molar-refractivity contribution < 1.29 is 58.2 Å². The molecule has 12 nitrogen and oxygen atoms in total. The summed E-state index contributed by atoms with van der Waals surface area (Å²) < 4.78 is 28.2. The topological polar surface area (TPSA) is 175 Å². The quantitative estimate of drug-likeness (QED) is 0.0229. The number of aliphatic carboxylic acids is 1. The molecule has 0 radical (unpaired) electrons. The third kappa shape index (κ3) is 34.4. The molecule has 0 aromatic rings. The van der Waals surface area contributed by atoms with Crippen LogP contribution in [-0.4, -0.2) is 89.2 Å². The Hall–Kier alpha value is -3.58. The molecule has 0 saturated carbocycles. The number of unbranched alkanes of at least 4 members (excludes halogenated alkanes) is 19. The Balaban J connectivity index is 2.75. The second-order valence-electron chi connectivity index (χ2n) is 17.8. The Morgan fingerprint density at radius 1 is 0.507 bits per heavy atom. The van der Waals surface area contributed by atoms with Crippen LogP contribution in [0.3, 0.4) is 0 Å². The highest BCUT2D eigenvalue weighted by Crippen LogP contribution is 2.26. The number of aliphatic hydroxyl groups excluding tert-OH is 2. The molecule has 6 atom stereocenters. The predicted octanol–water partition coefficient (Wildman–Crippen LogP) is 12.4. The van der Waals surface area contributed by atoms with Gasteiger partial charge in [-0.05, 0) is 83.5 Å². The Kier molecular flexibility index (Phi) is 40.1. The SMILES string of the molecule is CC/C=C\C/C=C\C/C=C\CCCCCC(=O)OC(COC(=O)CCCCCCC/C=C\C/C=C\CCCCC)COC1OC(C(=O)O)C(O)C(O)C1OC(=O)CCCCCCCCCCC. The summed E-state index contributed by atoms with van der Waals surface area (Å²) in [6.45, 7) is 5.75. The molecule has 1 rings (SSSR count). The maximum absolute atomic E-state index is 13.0. The largest absolute Gasteiger partial charge is 0.479 e. The number of carboxylic acid groups (broad SMARTS) is 1. The smallest absolute Gasteiger partial charge is 0.335 e. The van der Waals surface area contributed by atoms with Crippen LogP contribution in [-0.2, 0) is 42.9 Å². The van der Waals surface area contributed by atoms with Crippen LogP contribution in [0.25, 0.3) is 0 Å². The normalized spacial score (nSPS) is 19.3. The zero-order chi connectivity index (χ0) is 49.0. The number of rotatable bonds is 43. The van der Waals surface area contributed by atoms with Crippen molar-refractivity contribution in [3.8, 4) is 0 Å². The fraction of sp³-hybridized carbons (Fsp3) is 0.745. The zero-order valence-electron chi connectivity index (χ0n) is 41.9. The second kappa shape index (κ2) is 43.7. The second-order valence-corrected chi connectivity index (χ2v) is 17.8. The number of carboxylic acids is 1. The number of carbonyl (C=O) groups is 4. The highest BCUT2D eigenvalue weighted by atomic mass is 16.7. The Bertz CT molecular complexity index is 1400. The lowest BCUT2D eigenvalue weighted by atomic mass is 9.98. The molecule has 12 heteroatoms. The molecule has 1 aliphatic heterocycles. The van der Waals surface area contributed by atoms with E-state index in [0.29, 0.717) is 19.3 Å². The van der Waals surface area contributed by atoms with Crippen LogP contribution < -0.4 is 0 Å². The predicted molar refractivity (Wildman–Crippen MR) is 266 cm³/mol. The van der Waals surface area contributed by atoms with E-state index in [2.05, 4.69) is 81.5 Å². The van der Waals surface area contributed by atoms with Crippen molar-refractivity contribution in [2.75, 3.05) is 13.2 Å². The number of ether oxygens (including phenoxy) is 5. The first-order chi connectivity index (χ1) is 32.6. The monoisotopic (exact) mass is 945 g/mol. The molecule has 0 bridgehead atoms. The number of hydrogen-bond donors (Lipinski definition) is 3. The minimum absolute atomic E-state index is 0.0555. The molecule has 384 valence electrons. The molecule has 1 fully saturated rings. The van der Waals surface area contributed by atoms with E-state index in [1.54, 1.807) is 0 Å². The van der Waals surface area contributed by atoms with Gasteiger partial charge in [-0.25, -0.2) is 4.79 Å². The standard InChI is InChI=1S/C55H92O12/c1-4-7-10-13-16-19-21-23-24-26-27-30-32-35-38-41-47(56)63-44-46(65-48(57)42-39-36-34-31-28-25-22-20-17-14-11-8-5-2)45-64-55-53(51(60)50(59)52(67-55)54(61)62)66-49(58)43-40-37-33-29-18-15-12-9-6-3/h8,11,16-17,19-20,23-25,28,46,50-53,55,59-60H,4-7,9-10,12-15,18,21-22,26-27,29-45H2,1-3H3,(H,61,62)/b11-8-,19-16-,20-17-,24-23-,28-25-. The average molecular weight is 945 g/mol. The first kappa shape index (κ1) is 61.4. The summed E-state index contributed by atoms with van der Waals surface area (Å²) in [6, 6.07) is 0. The first-order valence-electron chi connectivity index (χ1n) is 26.3. The van der Waals surface area contributed by atoms with Gasteiger partial charge in [-0.1, -0.05) is 171 Å². The summed E-state index contributed by atoms with van der Waals surface area (Å²) in [4.78, 5) is 50.7. The Labute approximate surface area is 405 Å². The van der Waals surface area contributed by atoms with Crippen molar-refractivity contribution in [2.45, 2.75) is 250 Å². The van der Waals surface area contributed by atoms with E-state index < -0.39 is 67.3 Å².